The molecule has 0 spiro atoms. The molecule has 0 aliphatic heterocycles. The van der Waals surface area contributed by atoms with Crippen LogP contribution in [0.2, 0.25) is 0 Å². The fourth-order valence-electron chi connectivity index (χ4n) is 1.96. The van der Waals surface area contributed by atoms with Crippen LogP contribution in [0.1, 0.15) is 26.2 Å². The van der Waals surface area contributed by atoms with Gasteiger partial charge in [0.05, 0.1) is 0 Å². The van der Waals surface area contributed by atoms with Gasteiger partial charge < -0.3 is 10.6 Å². The van der Waals surface area contributed by atoms with E-state index < -0.39 is 0 Å². The average molecular weight is 156 g/mol. The van der Waals surface area contributed by atoms with E-state index in [2.05, 4.69) is 24.6 Å². The number of hydrogen-bond donors (Lipinski definition) is 2. The quantitative estimate of drug-likeness (QED) is 0.634. The summed E-state index contributed by atoms with van der Waals surface area (Å²) in [4.78, 5) is 0. The third-order valence-electron chi connectivity index (χ3n) is 2.87. The fraction of sp³-hybridized carbons (Fsp3) is 1.00. The lowest BCUT2D eigenvalue weighted by molar-refractivity contribution is 0.0985. The smallest absolute Gasteiger partial charge is 0.00744 e. The van der Waals surface area contributed by atoms with Gasteiger partial charge in [0, 0.05) is 6.04 Å². The lowest BCUT2D eigenvalue weighted by Gasteiger charge is -2.45. The topological polar surface area (TPSA) is 24.1 Å². The Morgan fingerprint density at radius 2 is 2.00 bits per heavy atom. The summed E-state index contributed by atoms with van der Waals surface area (Å²) in [6.45, 7) is 3.55. The van der Waals surface area contributed by atoms with Crippen molar-refractivity contribution in [3.8, 4) is 0 Å². The molecule has 2 heteroatoms. The van der Waals surface area contributed by atoms with E-state index in [1.54, 1.807) is 0 Å². The molecule has 0 radical (unpaired) electrons. The fourth-order valence-corrected chi connectivity index (χ4v) is 1.96. The van der Waals surface area contributed by atoms with Crippen molar-refractivity contribution in [2.75, 3.05) is 20.6 Å². The Morgan fingerprint density at radius 3 is 2.45 bits per heavy atom. The molecule has 11 heavy (non-hydrogen) atoms. The van der Waals surface area contributed by atoms with Gasteiger partial charge in [0.15, 0.2) is 0 Å². The summed E-state index contributed by atoms with van der Waals surface area (Å²) in [7, 11) is 4.08. The van der Waals surface area contributed by atoms with E-state index in [0.29, 0.717) is 5.41 Å². The van der Waals surface area contributed by atoms with Gasteiger partial charge in [-0.25, -0.2) is 0 Å². The van der Waals surface area contributed by atoms with Gasteiger partial charge in [-0.15, -0.1) is 0 Å². The molecule has 1 fully saturated rings. The summed E-state index contributed by atoms with van der Waals surface area (Å²) in [5, 5.41) is 6.52. The average Bonchev–Trinajstić information content (AvgIpc) is 1.95. The largest absolute Gasteiger partial charge is 0.320 e. The second-order valence-electron chi connectivity index (χ2n) is 4.06. The summed E-state index contributed by atoms with van der Waals surface area (Å²) in [6.07, 6.45) is 4.03. The minimum absolute atomic E-state index is 0.622. The van der Waals surface area contributed by atoms with Crippen LogP contribution in [0.3, 0.4) is 0 Å². The Hall–Kier alpha value is -0.0800. The Balaban J connectivity index is 2.15. The van der Waals surface area contributed by atoms with E-state index in [1.807, 2.05) is 7.05 Å². The normalized spacial score (nSPS) is 36.8. The van der Waals surface area contributed by atoms with Crippen molar-refractivity contribution in [1.82, 2.24) is 10.6 Å². The molecule has 1 rings (SSSR count). The zero-order chi connectivity index (χ0) is 8.32. The van der Waals surface area contributed by atoms with Crippen LogP contribution in [0.15, 0.2) is 0 Å². The molecule has 1 aliphatic rings. The van der Waals surface area contributed by atoms with Crippen LogP contribution in [-0.4, -0.2) is 26.7 Å². The van der Waals surface area contributed by atoms with Crippen LogP contribution in [0.4, 0.5) is 0 Å². The Kier molecular flexibility index (Phi) is 2.90. The molecule has 1 saturated carbocycles. The van der Waals surface area contributed by atoms with Crippen molar-refractivity contribution in [3.63, 3.8) is 0 Å². The molecule has 0 aromatic rings. The third kappa shape index (κ3) is 2.17. The molecule has 0 amide bonds. The summed E-state index contributed by atoms with van der Waals surface area (Å²) < 4.78 is 0. The summed E-state index contributed by atoms with van der Waals surface area (Å²) in [6, 6.07) is 0.789. The number of nitrogens with one attached hydrogen (secondary N) is 2. The van der Waals surface area contributed by atoms with E-state index in [1.165, 1.54) is 19.3 Å². The van der Waals surface area contributed by atoms with Gasteiger partial charge in [-0.3, -0.25) is 0 Å². The standard InChI is InChI=1S/C9H20N2/c1-9(4-5-10-2)6-8(7-9)11-3/h8,10-11H,4-7H2,1-3H3. The van der Waals surface area contributed by atoms with Crippen molar-refractivity contribution < 1.29 is 0 Å². The van der Waals surface area contributed by atoms with E-state index in [0.717, 1.165) is 12.6 Å². The van der Waals surface area contributed by atoms with Crippen molar-refractivity contribution >= 4 is 0 Å². The molecule has 2 N–H and O–H groups in total. The van der Waals surface area contributed by atoms with Crippen LogP contribution < -0.4 is 10.6 Å². The van der Waals surface area contributed by atoms with Crippen molar-refractivity contribution in [2.24, 2.45) is 5.41 Å². The molecule has 1 aliphatic carbocycles. The first kappa shape index (κ1) is 9.01. The number of rotatable bonds is 4. The monoisotopic (exact) mass is 156 g/mol. The highest BCUT2D eigenvalue weighted by atomic mass is 14.9. The Morgan fingerprint density at radius 1 is 1.36 bits per heavy atom. The van der Waals surface area contributed by atoms with Crippen LogP contribution in [0.25, 0.3) is 0 Å². The molecule has 0 atom stereocenters. The van der Waals surface area contributed by atoms with E-state index in [-0.39, 0.29) is 0 Å². The molecular weight excluding hydrogens is 136 g/mol. The second kappa shape index (κ2) is 3.55. The molecule has 0 bridgehead atoms. The highest BCUT2D eigenvalue weighted by molar-refractivity contribution is 4.93. The maximum absolute atomic E-state index is 3.31. The second-order valence-corrected chi connectivity index (χ2v) is 4.06. The summed E-state index contributed by atoms with van der Waals surface area (Å²) in [5.74, 6) is 0. The predicted octanol–water partition coefficient (Wildman–Crippen LogP) is 0.984. The Bertz CT molecular complexity index is 111. The molecule has 0 aromatic carbocycles. The van der Waals surface area contributed by atoms with E-state index >= 15 is 0 Å². The summed E-state index contributed by atoms with van der Waals surface area (Å²) >= 11 is 0. The molecule has 0 saturated heterocycles. The van der Waals surface area contributed by atoms with Gasteiger partial charge in [0.2, 0.25) is 0 Å². The first-order valence-corrected chi connectivity index (χ1v) is 4.52. The predicted molar refractivity (Wildman–Crippen MR) is 48.7 cm³/mol. The van der Waals surface area contributed by atoms with Crippen LogP contribution in [0, 0.1) is 5.41 Å². The minimum Gasteiger partial charge on any atom is -0.320 e. The van der Waals surface area contributed by atoms with Gasteiger partial charge in [0.1, 0.15) is 0 Å². The molecule has 0 aromatic heterocycles. The molecule has 2 nitrogen and oxygen atoms in total. The maximum Gasteiger partial charge on any atom is 0.00744 e. The first-order chi connectivity index (χ1) is 5.20. The zero-order valence-electron chi connectivity index (χ0n) is 7.91. The SMILES string of the molecule is CNCCC1(C)CC(NC)C1. The first-order valence-electron chi connectivity index (χ1n) is 4.52. The van der Waals surface area contributed by atoms with Gasteiger partial charge in [0.25, 0.3) is 0 Å². The highest BCUT2D eigenvalue weighted by Gasteiger charge is 2.38. The summed E-state index contributed by atoms with van der Waals surface area (Å²) in [5.41, 5.74) is 0.622. The zero-order valence-corrected chi connectivity index (χ0v) is 7.91. The molecular formula is C9H20N2. The molecule has 0 unspecified atom stereocenters. The van der Waals surface area contributed by atoms with Crippen LogP contribution in [0.5, 0.6) is 0 Å². The molecule has 0 heterocycles. The van der Waals surface area contributed by atoms with E-state index in [4.69, 9.17) is 0 Å². The van der Waals surface area contributed by atoms with Crippen molar-refractivity contribution in [2.45, 2.75) is 32.2 Å². The molecule has 66 valence electrons. The lowest BCUT2D eigenvalue weighted by atomic mass is 9.65. The van der Waals surface area contributed by atoms with Crippen LogP contribution in [-0.2, 0) is 0 Å². The van der Waals surface area contributed by atoms with Gasteiger partial charge in [-0.2, -0.15) is 0 Å². The number of hydrogen-bond acceptors (Lipinski definition) is 2. The van der Waals surface area contributed by atoms with Gasteiger partial charge in [-0.05, 0) is 45.3 Å². The lowest BCUT2D eigenvalue weighted by Crippen LogP contribution is -2.46. The van der Waals surface area contributed by atoms with Gasteiger partial charge >= 0.3 is 0 Å². The third-order valence-corrected chi connectivity index (χ3v) is 2.87. The van der Waals surface area contributed by atoms with Crippen LogP contribution >= 0.6 is 0 Å². The minimum atomic E-state index is 0.622. The maximum atomic E-state index is 3.31. The highest BCUT2D eigenvalue weighted by Crippen LogP contribution is 2.42. The van der Waals surface area contributed by atoms with Crippen molar-refractivity contribution in [3.05, 3.63) is 0 Å². The van der Waals surface area contributed by atoms with Gasteiger partial charge in [-0.1, -0.05) is 6.92 Å². The van der Waals surface area contributed by atoms with E-state index in [9.17, 15) is 0 Å². The van der Waals surface area contributed by atoms with Crippen molar-refractivity contribution in [1.29, 1.82) is 0 Å². The Labute approximate surface area is 69.8 Å².